The maximum atomic E-state index is 13.7. The molecule has 0 spiro atoms. The number of Topliss-reactive ketones (excluding diaryl/α,β-unsaturated/α-hetero) is 1. The second kappa shape index (κ2) is 11.1. The first-order chi connectivity index (χ1) is 16.4. The fourth-order valence-electron chi connectivity index (χ4n) is 3.71. The zero-order valence-corrected chi connectivity index (χ0v) is 18.8. The van der Waals surface area contributed by atoms with E-state index in [-0.39, 0.29) is 22.2 Å². The van der Waals surface area contributed by atoms with Crippen LogP contribution in [-0.4, -0.2) is 29.9 Å². The van der Waals surface area contributed by atoms with Crippen molar-refractivity contribution in [3.05, 3.63) is 64.4 Å². The molecule has 1 aliphatic carbocycles. The number of rotatable bonds is 5. The minimum Gasteiger partial charge on any atom is -0.326 e. The Morgan fingerprint density at radius 3 is 2.26 bits per heavy atom. The van der Waals surface area contributed by atoms with Crippen molar-refractivity contribution in [1.82, 2.24) is 5.32 Å². The Morgan fingerprint density at radius 1 is 0.971 bits per heavy atom. The summed E-state index contributed by atoms with van der Waals surface area (Å²) in [5.41, 5.74) is -0.0613. The molecule has 0 atom stereocenters. The molecule has 2 N–H and O–H groups in total. The number of aliphatic imine (C=N–C) groups is 1. The first kappa shape index (κ1) is 26.5. The summed E-state index contributed by atoms with van der Waals surface area (Å²) in [6, 6.07) is 5.63. The maximum Gasteiger partial charge on any atom is 0.449 e. The number of benzene rings is 2. The van der Waals surface area contributed by atoms with Crippen LogP contribution in [0.25, 0.3) is 0 Å². The molecule has 1 aliphatic rings. The number of hydrogen-bond donors (Lipinski definition) is 2. The van der Waals surface area contributed by atoms with Crippen molar-refractivity contribution in [3.63, 3.8) is 0 Å². The number of halogens is 7. The summed E-state index contributed by atoms with van der Waals surface area (Å²) in [6.45, 7) is 0. The van der Waals surface area contributed by atoms with Crippen molar-refractivity contribution in [3.8, 4) is 0 Å². The Morgan fingerprint density at radius 2 is 1.66 bits per heavy atom. The van der Waals surface area contributed by atoms with Crippen LogP contribution in [0.1, 0.15) is 42.5 Å². The molecule has 0 saturated heterocycles. The molecule has 2 aromatic carbocycles. The summed E-state index contributed by atoms with van der Waals surface area (Å²) in [6.07, 6.45) is -4.17. The van der Waals surface area contributed by atoms with Crippen molar-refractivity contribution in [2.45, 2.75) is 44.3 Å². The summed E-state index contributed by atoms with van der Waals surface area (Å²) in [4.78, 5) is 28.2. The molecule has 0 aliphatic heterocycles. The van der Waals surface area contributed by atoms with Crippen LogP contribution < -0.4 is 10.6 Å². The van der Waals surface area contributed by atoms with Gasteiger partial charge in [0.05, 0.1) is 6.04 Å². The highest BCUT2D eigenvalue weighted by Crippen LogP contribution is 2.31. The van der Waals surface area contributed by atoms with Crippen molar-refractivity contribution in [2.24, 2.45) is 10.9 Å². The third-order valence-electron chi connectivity index (χ3n) is 5.46. The molecule has 0 radical (unpaired) electrons. The number of anilines is 1. The molecule has 188 valence electrons. The molecule has 1 saturated carbocycles. The molecule has 1 amide bonds. The van der Waals surface area contributed by atoms with Gasteiger partial charge in [-0.25, -0.2) is 18.2 Å². The topological polar surface area (TPSA) is 70.6 Å². The lowest BCUT2D eigenvalue weighted by atomic mass is 9.83. The second-order valence-electron chi connectivity index (χ2n) is 8.14. The van der Waals surface area contributed by atoms with E-state index in [9.17, 15) is 35.9 Å². The molecule has 0 heterocycles. The van der Waals surface area contributed by atoms with Crippen LogP contribution in [0.2, 0.25) is 5.02 Å². The molecule has 2 aromatic rings. The first-order valence-electron chi connectivity index (χ1n) is 10.6. The van der Waals surface area contributed by atoms with Crippen molar-refractivity contribution in [2.75, 3.05) is 5.32 Å². The lowest BCUT2D eigenvalue weighted by molar-refractivity contribution is -0.172. The van der Waals surface area contributed by atoms with Gasteiger partial charge in [0, 0.05) is 22.7 Å². The molecular formula is C23H20ClF6N3O2. The van der Waals surface area contributed by atoms with Gasteiger partial charge in [0.15, 0.2) is 11.6 Å². The third kappa shape index (κ3) is 7.71. The van der Waals surface area contributed by atoms with Crippen LogP contribution in [0.4, 0.5) is 32.0 Å². The van der Waals surface area contributed by atoms with E-state index in [1.165, 1.54) is 6.07 Å². The van der Waals surface area contributed by atoms with E-state index in [2.05, 4.69) is 15.6 Å². The quantitative estimate of drug-likeness (QED) is 0.288. The summed E-state index contributed by atoms with van der Waals surface area (Å²) in [5, 5.41) is 5.20. The number of amides is 1. The summed E-state index contributed by atoms with van der Waals surface area (Å²) < 4.78 is 78.0. The molecule has 3 rings (SSSR count). The fraction of sp³-hybridized carbons (Fsp3) is 0.348. The van der Waals surface area contributed by atoms with Crippen LogP contribution in [0.15, 0.2) is 41.4 Å². The highest BCUT2D eigenvalue weighted by Gasteiger charge is 2.39. The maximum absolute atomic E-state index is 13.7. The standard InChI is InChI=1S/C23H20ClF6N3O2/c24-14-9-15(25)11-17(10-14)32-22(33-21(35)13-3-6-18(26)19(27)8-13)31-16-4-1-12(2-5-16)7-20(34)23(28,29)30/h3,6,8-12,16H,1-2,4-5,7H2,(H2,31,32,33,35). The fourth-order valence-corrected chi connectivity index (χ4v) is 3.94. The Labute approximate surface area is 201 Å². The van der Waals surface area contributed by atoms with Gasteiger partial charge in [0.25, 0.3) is 5.91 Å². The van der Waals surface area contributed by atoms with Gasteiger partial charge in [0.1, 0.15) is 5.82 Å². The Bertz CT molecular complexity index is 1110. The largest absolute Gasteiger partial charge is 0.449 e. The number of carbonyl (C=O) groups is 2. The molecule has 0 aromatic heterocycles. The summed E-state index contributed by atoms with van der Waals surface area (Å²) in [7, 11) is 0. The minimum absolute atomic E-state index is 0.0635. The number of nitrogens with one attached hydrogen (secondary N) is 2. The van der Waals surface area contributed by atoms with Gasteiger partial charge in [-0.2, -0.15) is 13.2 Å². The molecular weight excluding hydrogens is 500 g/mol. The van der Waals surface area contributed by atoms with Gasteiger partial charge in [-0.1, -0.05) is 11.6 Å². The van der Waals surface area contributed by atoms with E-state index in [1.807, 2.05) is 0 Å². The van der Waals surface area contributed by atoms with Crippen molar-refractivity contribution < 1.29 is 35.9 Å². The molecule has 0 unspecified atom stereocenters. The van der Waals surface area contributed by atoms with Gasteiger partial charge in [-0.05, 0) is 68.0 Å². The predicted molar refractivity (Wildman–Crippen MR) is 118 cm³/mol. The Hall–Kier alpha value is -3.08. The summed E-state index contributed by atoms with van der Waals surface area (Å²) in [5.74, 6) is -6.21. The number of carbonyl (C=O) groups excluding carboxylic acids is 2. The average Bonchev–Trinajstić information content (AvgIpc) is 2.75. The Balaban J connectivity index is 1.75. The van der Waals surface area contributed by atoms with Crippen LogP contribution in [0, 0.1) is 23.4 Å². The average molecular weight is 520 g/mol. The van der Waals surface area contributed by atoms with Crippen LogP contribution >= 0.6 is 11.6 Å². The number of alkyl halides is 3. The van der Waals surface area contributed by atoms with E-state index in [0.29, 0.717) is 31.7 Å². The smallest absolute Gasteiger partial charge is 0.326 e. The van der Waals surface area contributed by atoms with E-state index in [4.69, 9.17) is 11.6 Å². The zero-order chi connectivity index (χ0) is 25.8. The lowest BCUT2D eigenvalue weighted by Gasteiger charge is -2.26. The molecule has 12 heteroatoms. The number of ketones is 1. The predicted octanol–water partition coefficient (Wildman–Crippen LogP) is 6.04. The van der Waals surface area contributed by atoms with E-state index in [0.717, 1.165) is 24.3 Å². The van der Waals surface area contributed by atoms with Gasteiger partial charge in [-0.3, -0.25) is 14.9 Å². The zero-order valence-electron chi connectivity index (χ0n) is 18.1. The van der Waals surface area contributed by atoms with Gasteiger partial charge in [-0.15, -0.1) is 0 Å². The Kier molecular flexibility index (Phi) is 8.42. The minimum atomic E-state index is -4.87. The van der Waals surface area contributed by atoms with Crippen molar-refractivity contribution in [1.29, 1.82) is 0 Å². The van der Waals surface area contributed by atoms with Crippen molar-refractivity contribution >= 4 is 34.9 Å². The van der Waals surface area contributed by atoms with E-state index < -0.39 is 53.7 Å². The van der Waals surface area contributed by atoms with Crippen LogP contribution in [-0.2, 0) is 4.79 Å². The second-order valence-corrected chi connectivity index (χ2v) is 8.58. The van der Waals surface area contributed by atoms with Gasteiger partial charge in [0.2, 0.25) is 11.7 Å². The van der Waals surface area contributed by atoms with E-state index >= 15 is 0 Å². The lowest BCUT2D eigenvalue weighted by Crippen LogP contribution is -2.37. The highest BCUT2D eigenvalue weighted by molar-refractivity contribution is 6.31. The SMILES string of the molecule is O=C(NC(=NC1CCC(CC(=O)C(F)(F)F)CC1)Nc1cc(F)cc(Cl)c1)c1ccc(F)c(F)c1. The molecule has 0 bridgehead atoms. The molecule has 1 fully saturated rings. The highest BCUT2D eigenvalue weighted by atomic mass is 35.5. The molecule has 5 nitrogen and oxygen atoms in total. The van der Waals surface area contributed by atoms with Gasteiger partial charge >= 0.3 is 6.18 Å². The van der Waals surface area contributed by atoms with Gasteiger partial charge < -0.3 is 5.32 Å². The number of nitrogens with zero attached hydrogens (tertiary/aromatic N) is 1. The normalized spacial score (nSPS) is 18.8. The monoisotopic (exact) mass is 519 g/mol. The first-order valence-corrected chi connectivity index (χ1v) is 11.0. The van der Waals surface area contributed by atoms with Crippen LogP contribution in [0.3, 0.4) is 0 Å². The number of hydrogen-bond acceptors (Lipinski definition) is 3. The number of guanidine groups is 1. The third-order valence-corrected chi connectivity index (χ3v) is 5.68. The summed E-state index contributed by atoms with van der Waals surface area (Å²) >= 11 is 5.86. The van der Waals surface area contributed by atoms with Crippen LogP contribution in [0.5, 0.6) is 0 Å². The molecule has 35 heavy (non-hydrogen) atoms. The van der Waals surface area contributed by atoms with E-state index in [1.54, 1.807) is 0 Å².